The fraction of sp³-hybridized carbons (Fsp3) is 0.917. The molecule has 17 heavy (non-hydrogen) atoms. The van der Waals surface area contributed by atoms with Crippen molar-refractivity contribution >= 4 is 5.91 Å². The standard InChI is InChI=1S/C12H22N2O3/c13-6-9-4-5-11(17-9)12(16)14-10-3-1-2-8(10)7-15/h8-11,15H,1-7,13H2,(H,14,16). The molecule has 0 aromatic carbocycles. The summed E-state index contributed by atoms with van der Waals surface area (Å²) in [5, 5.41) is 12.2. The number of ether oxygens (including phenoxy) is 1. The molecule has 4 unspecified atom stereocenters. The molecule has 0 aromatic heterocycles. The van der Waals surface area contributed by atoms with E-state index < -0.39 is 0 Å². The van der Waals surface area contributed by atoms with Crippen molar-refractivity contribution in [2.75, 3.05) is 13.2 Å². The van der Waals surface area contributed by atoms with Crippen LogP contribution in [0.3, 0.4) is 0 Å². The molecule has 0 aromatic rings. The van der Waals surface area contributed by atoms with Gasteiger partial charge in [0.05, 0.1) is 6.10 Å². The van der Waals surface area contributed by atoms with Gasteiger partial charge in [-0.2, -0.15) is 0 Å². The van der Waals surface area contributed by atoms with Crippen LogP contribution in [0.25, 0.3) is 0 Å². The van der Waals surface area contributed by atoms with Crippen LogP contribution in [0.1, 0.15) is 32.1 Å². The van der Waals surface area contributed by atoms with Crippen LogP contribution in [0, 0.1) is 5.92 Å². The van der Waals surface area contributed by atoms with Gasteiger partial charge in [-0.3, -0.25) is 4.79 Å². The number of hydrogen-bond donors (Lipinski definition) is 3. The number of nitrogens with one attached hydrogen (secondary N) is 1. The highest BCUT2D eigenvalue weighted by molar-refractivity contribution is 5.81. The Kier molecular flexibility index (Phi) is 4.36. The van der Waals surface area contributed by atoms with E-state index in [1.807, 2.05) is 0 Å². The molecule has 5 heteroatoms. The largest absolute Gasteiger partial charge is 0.396 e. The number of amides is 1. The molecule has 2 rings (SSSR count). The lowest BCUT2D eigenvalue weighted by atomic mass is 10.0. The van der Waals surface area contributed by atoms with Crippen molar-refractivity contribution in [2.45, 2.75) is 50.4 Å². The third-order valence-electron chi connectivity index (χ3n) is 3.88. The first-order valence-electron chi connectivity index (χ1n) is 6.51. The Hall–Kier alpha value is -0.650. The average Bonchev–Trinajstić information content (AvgIpc) is 2.96. The van der Waals surface area contributed by atoms with Crippen LogP contribution in [-0.4, -0.2) is 42.4 Å². The Morgan fingerprint density at radius 1 is 1.35 bits per heavy atom. The number of nitrogens with two attached hydrogens (primary N) is 1. The Balaban J connectivity index is 1.81. The summed E-state index contributed by atoms with van der Waals surface area (Å²) < 4.78 is 5.55. The summed E-state index contributed by atoms with van der Waals surface area (Å²) in [7, 11) is 0. The van der Waals surface area contributed by atoms with E-state index >= 15 is 0 Å². The molecule has 4 atom stereocenters. The van der Waals surface area contributed by atoms with E-state index in [0.717, 1.165) is 32.1 Å². The van der Waals surface area contributed by atoms with Gasteiger partial charge in [-0.05, 0) is 25.7 Å². The highest BCUT2D eigenvalue weighted by Gasteiger charge is 2.34. The fourth-order valence-electron chi connectivity index (χ4n) is 2.79. The summed E-state index contributed by atoms with van der Waals surface area (Å²) in [6.45, 7) is 0.633. The summed E-state index contributed by atoms with van der Waals surface area (Å²) in [6, 6.07) is 0.119. The van der Waals surface area contributed by atoms with Crippen molar-refractivity contribution in [2.24, 2.45) is 11.7 Å². The Morgan fingerprint density at radius 2 is 2.18 bits per heavy atom. The van der Waals surface area contributed by atoms with Crippen LogP contribution < -0.4 is 11.1 Å². The molecule has 1 amide bonds. The maximum absolute atomic E-state index is 12.0. The normalized spacial score (nSPS) is 37.3. The maximum Gasteiger partial charge on any atom is 0.249 e. The van der Waals surface area contributed by atoms with Crippen LogP contribution in [0.2, 0.25) is 0 Å². The van der Waals surface area contributed by atoms with Crippen LogP contribution in [-0.2, 0) is 9.53 Å². The smallest absolute Gasteiger partial charge is 0.249 e. The van der Waals surface area contributed by atoms with Gasteiger partial charge in [-0.25, -0.2) is 0 Å². The molecule has 2 fully saturated rings. The minimum atomic E-state index is -0.344. The maximum atomic E-state index is 12.0. The van der Waals surface area contributed by atoms with Gasteiger partial charge in [-0.1, -0.05) is 6.42 Å². The van der Waals surface area contributed by atoms with Crippen LogP contribution >= 0.6 is 0 Å². The first-order valence-corrected chi connectivity index (χ1v) is 6.51. The molecule has 4 N–H and O–H groups in total. The van der Waals surface area contributed by atoms with E-state index in [4.69, 9.17) is 10.5 Å². The van der Waals surface area contributed by atoms with E-state index in [9.17, 15) is 9.90 Å². The zero-order valence-corrected chi connectivity index (χ0v) is 10.1. The van der Waals surface area contributed by atoms with Crippen molar-refractivity contribution < 1.29 is 14.6 Å². The van der Waals surface area contributed by atoms with Crippen LogP contribution in [0.15, 0.2) is 0 Å². The number of rotatable bonds is 4. The average molecular weight is 242 g/mol. The van der Waals surface area contributed by atoms with E-state index in [1.165, 1.54) is 0 Å². The predicted octanol–water partition coefficient (Wildman–Crippen LogP) is -0.230. The lowest BCUT2D eigenvalue weighted by Crippen LogP contribution is -2.44. The van der Waals surface area contributed by atoms with Crippen molar-refractivity contribution in [1.29, 1.82) is 0 Å². The lowest BCUT2D eigenvalue weighted by Gasteiger charge is -2.21. The molecular weight excluding hydrogens is 220 g/mol. The molecule has 1 aliphatic heterocycles. The van der Waals surface area contributed by atoms with Crippen molar-refractivity contribution in [3.05, 3.63) is 0 Å². The third kappa shape index (κ3) is 2.97. The quantitative estimate of drug-likeness (QED) is 0.636. The van der Waals surface area contributed by atoms with E-state index in [2.05, 4.69) is 5.32 Å². The molecule has 1 aliphatic carbocycles. The van der Waals surface area contributed by atoms with Gasteiger partial charge in [0.25, 0.3) is 0 Å². The highest BCUT2D eigenvalue weighted by Crippen LogP contribution is 2.26. The van der Waals surface area contributed by atoms with Crippen molar-refractivity contribution in [3.63, 3.8) is 0 Å². The SMILES string of the molecule is NCC1CCC(C(=O)NC2CCCC2CO)O1. The minimum absolute atomic E-state index is 0.0305. The second-order valence-corrected chi connectivity index (χ2v) is 5.05. The summed E-state index contributed by atoms with van der Waals surface area (Å²) >= 11 is 0. The fourth-order valence-corrected chi connectivity index (χ4v) is 2.79. The topological polar surface area (TPSA) is 84.6 Å². The predicted molar refractivity (Wildman–Crippen MR) is 63.3 cm³/mol. The van der Waals surface area contributed by atoms with Gasteiger partial charge in [0, 0.05) is 25.1 Å². The summed E-state index contributed by atoms with van der Waals surface area (Å²) in [6.07, 6.45) is 4.34. The Bertz CT molecular complexity index is 272. The molecule has 98 valence electrons. The molecular formula is C12H22N2O3. The summed E-state index contributed by atoms with van der Waals surface area (Å²) in [4.78, 5) is 12.0. The van der Waals surface area contributed by atoms with Gasteiger partial charge >= 0.3 is 0 Å². The van der Waals surface area contributed by atoms with Crippen LogP contribution in [0.4, 0.5) is 0 Å². The van der Waals surface area contributed by atoms with Gasteiger partial charge in [0.15, 0.2) is 0 Å². The number of carbonyl (C=O) groups is 1. The summed E-state index contributed by atoms with van der Waals surface area (Å²) in [5.74, 6) is 0.178. The second-order valence-electron chi connectivity index (χ2n) is 5.05. The first kappa shape index (κ1) is 12.8. The molecule has 2 aliphatic rings. The molecule has 0 bridgehead atoms. The number of carbonyl (C=O) groups excluding carboxylic acids is 1. The zero-order chi connectivity index (χ0) is 12.3. The Labute approximate surface area is 102 Å². The van der Waals surface area contributed by atoms with E-state index in [0.29, 0.717) is 6.54 Å². The van der Waals surface area contributed by atoms with Crippen LogP contribution in [0.5, 0.6) is 0 Å². The Morgan fingerprint density at radius 3 is 2.82 bits per heavy atom. The van der Waals surface area contributed by atoms with Crippen molar-refractivity contribution in [1.82, 2.24) is 5.32 Å². The minimum Gasteiger partial charge on any atom is -0.396 e. The molecule has 1 saturated carbocycles. The third-order valence-corrected chi connectivity index (χ3v) is 3.88. The molecule has 1 saturated heterocycles. The van der Waals surface area contributed by atoms with Gasteiger partial charge in [0.1, 0.15) is 6.10 Å². The molecule has 0 spiro atoms. The lowest BCUT2D eigenvalue weighted by molar-refractivity contribution is -0.132. The highest BCUT2D eigenvalue weighted by atomic mass is 16.5. The van der Waals surface area contributed by atoms with Gasteiger partial charge in [0.2, 0.25) is 5.91 Å². The summed E-state index contributed by atoms with van der Waals surface area (Å²) in [5.41, 5.74) is 5.51. The van der Waals surface area contributed by atoms with E-state index in [1.54, 1.807) is 0 Å². The van der Waals surface area contributed by atoms with Crippen molar-refractivity contribution in [3.8, 4) is 0 Å². The number of aliphatic hydroxyl groups is 1. The number of aliphatic hydroxyl groups excluding tert-OH is 1. The molecule has 1 heterocycles. The van der Waals surface area contributed by atoms with E-state index in [-0.39, 0.29) is 36.7 Å². The second kappa shape index (κ2) is 5.80. The monoisotopic (exact) mass is 242 g/mol. The molecule has 5 nitrogen and oxygen atoms in total. The number of hydrogen-bond acceptors (Lipinski definition) is 4. The van der Waals surface area contributed by atoms with Gasteiger partial charge < -0.3 is 20.9 Å². The van der Waals surface area contributed by atoms with Gasteiger partial charge in [-0.15, -0.1) is 0 Å². The molecule has 0 radical (unpaired) electrons. The zero-order valence-electron chi connectivity index (χ0n) is 10.1. The first-order chi connectivity index (χ1) is 8.24.